The Morgan fingerprint density at radius 2 is 1.79 bits per heavy atom. The Kier molecular flexibility index (Phi) is 5.64. The molecule has 1 aromatic carbocycles. The fraction of sp³-hybridized carbons (Fsp3) is 0.600. The minimum atomic E-state index is -0.0851. The molecule has 1 atom stereocenters. The third kappa shape index (κ3) is 3.91. The highest BCUT2D eigenvalue weighted by atomic mass is 35.5. The summed E-state index contributed by atoms with van der Waals surface area (Å²) in [5.41, 5.74) is 0.710. The molecule has 0 unspecified atom stereocenters. The Bertz CT molecular complexity index is 745. The van der Waals surface area contributed by atoms with Crippen molar-refractivity contribution in [2.24, 2.45) is 5.92 Å². The van der Waals surface area contributed by atoms with Crippen molar-refractivity contribution in [3.05, 3.63) is 23.2 Å². The topological polar surface area (TPSA) is 62.3 Å². The normalized spacial score (nSPS) is 23.2. The molecule has 0 aromatic heterocycles. The van der Waals surface area contributed by atoms with Crippen LogP contribution in [0.5, 0.6) is 5.75 Å². The average molecular weight is 408 g/mol. The van der Waals surface area contributed by atoms with Crippen LogP contribution in [-0.4, -0.2) is 73.8 Å². The van der Waals surface area contributed by atoms with Gasteiger partial charge in [0.1, 0.15) is 11.9 Å². The first-order valence-corrected chi connectivity index (χ1v) is 10.3. The first kappa shape index (κ1) is 19.3. The number of hydrogen-bond acceptors (Lipinski definition) is 4. The van der Waals surface area contributed by atoms with Gasteiger partial charge in [0.25, 0.3) is 0 Å². The highest BCUT2D eigenvalue weighted by Gasteiger charge is 2.35. The lowest BCUT2D eigenvalue weighted by molar-refractivity contribution is -0.141. The Balaban J connectivity index is 1.40. The molecule has 0 saturated carbocycles. The summed E-state index contributed by atoms with van der Waals surface area (Å²) in [6.07, 6.45) is 1.31. The van der Waals surface area contributed by atoms with Crippen LogP contribution < -0.4 is 9.64 Å². The van der Waals surface area contributed by atoms with Gasteiger partial charge in [0.2, 0.25) is 5.91 Å². The fourth-order valence-corrected chi connectivity index (χ4v) is 4.29. The van der Waals surface area contributed by atoms with E-state index in [0.717, 1.165) is 0 Å². The molecule has 0 N–H and O–H groups in total. The van der Waals surface area contributed by atoms with Crippen LogP contribution in [-0.2, 0) is 9.53 Å². The number of hydrogen-bond donors (Lipinski definition) is 0. The predicted molar refractivity (Wildman–Crippen MR) is 106 cm³/mol. The molecule has 4 rings (SSSR count). The first-order valence-electron chi connectivity index (χ1n) is 9.92. The number of ether oxygens (including phenoxy) is 2. The van der Waals surface area contributed by atoms with Gasteiger partial charge < -0.3 is 19.3 Å². The summed E-state index contributed by atoms with van der Waals surface area (Å²) in [6, 6.07) is 5.30. The van der Waals surface area contributed by atoms with E-state index in [1.165, 1.54) is 0 Å². The molecule has 0 radical (unpaired) electrons. The summed E-state index contributed by atoms with van der Waals surface area (Å²) in [5, 5.41) is 0.574. The van der Waals surface area contributed by atoms with Crippen LogP contribution in [0.2, 0.25) is 5.02 Å². The second-order valence-electron chi connectivity index (χ2n) is 7.63. The van der Waals surface area contributed by atoms with Gasteiger partial charge in [-0.15, -0.1) is 0 Å². The molecule has 0 spiro atoms. The third-order valence-corrected chi connectivity index (χ3v) is 5.88. The van der Waals surface area contributed by atoms with Crippen molar-refractivity contribution in [3.8, 4) is 5.75 Å². The number of morpholine rings is 1. The zero-order valence-corrected chi connectivity index (χ0v) is 16.9. The molecule has 1 aromatic rings. The van der Waals surface area contributed by atoms with Crippen molar-refractivity contribution >= 4 is 29.2 Å². The van der Waals surface area contributed by atoms with Crippen molar-refractivity contribution in [2.45, 2.75) is 25.9 Å². The van der Waals surface area contributed by atoms with Gasteiger partial charge in [0.05, 0.1) is 25.4 Å². The lowest BCUT2D eigenvalue weighted by Crippen LogP contribution is -2.52. The van der Waals surface area contributed by atoms with E-state index in [9.17, 15) is 9.59 Å². The number of piperidine rings is 1. The number of anilines is 1. The molecule has 7 nitrogen and oxygen atoms in total. The summed E-state index contributed by atoms with van der Waals surface area (Å²) >= 11 is 6.14. The number of fused-ring (bicyclic) bond motifs is 1. The molecule has 2 fully saturated rings. The lowest BCUT2D eigenvalue weighted by atomic mass is 9.95. The largest absolute Gasteiger partial charge is 0.487 e. The lowest BCUT2D eigenvalue weighted by Gasteiger charge is -2.40. The monoisotopic (exact) mass is 407 g/mol. The molecule has 8 heteroatoms. The molecule has 2 saturated heterocycles. The zero-order valence-electron chi connectivity index (χ0n) is 16.1. The number of carbonyl (C=O) groups excluding carboxylic acids is 2. The van der Waals surface area contributed by atoms with Gasteiger partial charge in [-0.3, -0.25) is 9.69 Å². The minimum Gasteiger partial charge on any atom is -0.487 e. The second kappa shape index (κ2) is 8.17. The smallest absolute Gasteiger partial charge is 0.324 e. The van der Waals surface area contributed by atoms with Crippen molar-refractivity contribution in [2.75, 3.05) is 50.8 Å². The standard InChI is InChI=1S/C20H26ClN3O4/c1-14-13-24(17-12-16(21)2-3-18(17)28-14)20(26)23-6-4-15(5-7-23)19(25)22-8-10-27-11-9-22/h2-3,12,14-15H,4-11,13H2,1H3/t14-/m0/s1. The number of rotatable bonds is 1. The van der Waals surface area contributed by atoms with Crippen LogP contribution in [0.1, 0.15) is 19.8 Å². The summed E-state index contributed by atoms with van der Waals surface area (Å²) in [7, 11) is 0. The Hall–Kier alpha value is -1.99. The quantitative estimate of drug-likeness (QED) is 0.718. The second-order valence-corrected chi connectivity index (χ2v) is 8.07. The van der Waals surface area contributed by atoms with Gasteiger partial charge in [-0.05, 0) is 38.0 Å². The van der Waals surface area contributed by atoms with Gasteiger partial charge in [-0.25, -0.2) is 4.79 Å². The highest BCUT2D eigenvalue weighted by Crippen LogP contribution is 2.36. The van der Waals surface area contributed by atoms with E-state index in [4.69, 9.17) is 21.1 Å². The molecule has 3 aliphatic rings. The van der Waals surface area contributed by atoms with Crippen LogP contribution in [0.4, 0.5) is 10.5 Å². The highest BCUT2D eigenvalue weighted by molar-refractivity contribution is 6.31. The van der Waals surface area contributed by atoms with E-state index in [-0.39, 0.29) is 24.0 Å². The Morgan fingerprint density at radius 3 is 2.50 bits per heavy atom. The van der Waals surface area contributed by atoms with Crippen LogP contribution in [0, 0.1) is 5.92 Å². The van der Waals surface area contributed by atoms with Crippen molar-refractivity contribution in [1.82, 2.24) is 9.80 Å². The van der Waals surface area contributed by atoms with Crippen LogP contribution in [0.3, 0.4) is 0 Å². The Morgan fingerprint density at radius 1 is 1.07 bits per heavy atom. The van der Waals surface area contributed by atoms with Gasteiger partial charge in [0, 0.05) is 37.1 Å². The number of carbonyl (C=O) groups is 2. The number of benzene rings is 1. The summed E-state index contributed by atoms with van der Waals surface area (Å²) in [4.78, 5) is 31.4. The third-order valence-electron chi connectivity index (χ3n) is 5.65. The van der Waals surface area contributed by atoms with Crippen LogP contribution in [0.25, 0.3) is 0 Å². The molecule has 0 aliphatic carbocycles. The van der Waals surface area contributed by atoms with Crippen molar-refractivity contribution < 1.29 is 19.1 Å². The SMILES string of the molecule is C[C@H]1CN(C(=O)N2CCC(C(=O)N3CCOCC3)CC2)c2cc(Cl)ccc2O1. The fourth-order valence-electron chi connectivity index (χ4n) is 4.12. The first-order chi connectivity index (χ1) is 13.5. The van der Waals surface area contributed by atoms with E-state index >= 15 is 0 Å². The molecule has 152 valence electrons. The van der Waals surface area contributed by atoms with Crippen LogP contribution >= 0.6 is 11.6 Å². The summed E-state index contributed by atoms with van der Waals surface area (Å²) < 4.78 is 11.2. The average Bonchev–Trinajstić information content (AvgIpc) is 2.73. The van der Waals surface area contributed by atoms with E-state index < -0.39 is 0 Å². The van der Waals surface area contributed by atoms with Crippen molar-refractivity contribution in [3.63, 3.8) is 0 Å². The number of urea groups is 1. The predicted octanol–water partition coefficient (Wildman–Crippen LogP) is 2.62. The Labute approximate surface area is 170 Å². The molecule has 0 bridgehead atoms. The summed E-state index contributed by atoms with van der Waals surface area (Å²) in [5.74, 6) is 0.869. The van der Waals surface area contributed by atoms with E-state index in [0.29, 0.717) is 75.2 Å². The van der Waals surface area contributed by atoms with Gasteiger partial charge in [-0.1, -0.05) is 11.6 Å². The van der Waals surface area contributed by atoms with Crippen molar-refractivity contribution in [1.29, 1.82) is 0 Å². The number of halogens is 1. The molecule has 3 aliphatic heterocycles. The maximum atomic E-state index is 13.2. The van der Waals surface area contributed by atoms with Crippen LogP contribution in [0.15, 0.2) is 18.2 Å². The minimum absolute atomic E-state index is 0.00695. The molecule has 28 heavy (non-hydrogen) atoms. The maximum absolute atomic E-state index is 13.2. The van der Waals surface area contributed by atoms with Gasteiger partial charge >= 0.3 is 6.03 Å². The molecular weight excluding hydrogens is 382 g/mol. The molecule has 3 amide bonds. The van der Waals surface area contributed by atoms with Gasteiger partial charge in [-0.2, -0.15) is 0 Å². The molecule has 3 heterocycles. The summed E-state index contributed by atoms with van der Waals surface area (Å²) in [6.45, 7) is 6.16. The number of amides is 3. The number of nitrogens with zero attached hydrogens (tertiary/aromatic N) is 3. The zero-order chi connectivity index (χ0) is 19.7. The molecular formula is C20H26ClN3O4. The van der Waals surface area contributed by atoms with E-state index in [1.54, 1.807) is 23.1 Å². The maximum Gasteiger partial charge on any atom is 0.324 e. The number of likely N-dealkylation sites (tertiary alicyclic amines) is 1. The van der Waals surface area contributed by atoms with E-state index in [1.807, 2.05) is 16.7 Å². The van der Waals surface area contributed by atoms with Gasteiger partial charge in [0.15, 0.2) is 0 Å². The van der Waals surface area contributed by atoms with E-state index in [2.05, 4.69) is 0 Å².